The van der Waals surface area contributed by atoms with Gasteiger partial charge in [-0.05, 0) is 25.4 Å². The molecule has 1 aliphatic rings. The Morgan fingerprint density at radius 2 is 2.00 bits per heavy atom. The topological polar surface area (TPSA) is 75.9 Å². The molecule has 0 spiro atoms. The molecule has 112 valence electrons. The van der Waals surface area contributed by atoms with Crippen LogP contribution in [0.5, 0.6) is 0 Å². The number of anilines is 2. The Morgan fingerprint density at radius 1 is 1.19 bits per heavy atom. The predicted molar refractivity (Wildman–Crippen MR) is 79.5 cm³/mol. The quantitative estimate of drug-likeness (QED) is 0.833. The molecule has 2 aromatic heterocycles. The van der Waals surface area contributed by atoms with E-state index >= 15 is 0 Å². The van der Waals surface area contributed by atoms with Gasteiger partial charge in [0.25, 0.3) is 0 Å². The van der Waals surface area contributed by atoms with Gasteiger partial charge in [-0.2, -0.15) is 15.0 Å². The standard InChI is InChI=1S/C12H17ClN8/c1-3-19(4-2)11-15-10(13)16-12(17-11)20-5-6-21-8-14-18-9(21)7-20/h8H,3-7H2,1-2H3. The summed E-state index contributed by atoms with van der Waals surface area (Å²) in [5, 5.41) is 8.24. The van der Waals surface area contributed by atoms with Crippen molar-refractivity contribution in [1.29, 1.82) is 0 Å². The molecule has 3 heterocycles. The lowest BCUT2D eigenvalue weighted by atomic mass is 10.4. The van der Waals surface area contributed by atoms with Gasteiger partial charge >= 0.3 is 0 Å². The Kier molecular flexibility index (Phi) is 3.87. The average molecular weight is 309 g/mol. The molecule has 9 heteroatoms. The van der Waals surface area contributed by atoms with Gasteiger partial charge in [0.2, 0.25) is 17.2 Å². The summed E-state index contributed by atoms with van der Waals surface area (Å²) in [5.74, 6) is 2.11. The van der Waals surface area contributed by atoms with E-state index < -0.39 is 0 Å². The molecule has 2 aromatic rings. The molecule has 1 aliphatic heterocycles. The number of hydrogen-bond donors (Lipinski definition) is 0. The van der Waals surface area contributed by atoms with Gasteiger partial charge in [-0.15, -0.1) is 10.2 Å². The number of hydrogen-bond acceptors (Lipinski definition) is 7. The van der Waals surface area contributed by atoms with Crippen molar-refractivity contribution in [3.05, 3.63) is 17.4 Å². The molecule has 0 amide bonds. The molecule has 0 atom stereocenters. The fourth-order valence-electron chi connectivity index (χ4n) is 2.36. The first kappa shape index (κ1) is 14.0. The Balaban J connectivity index is 1.89. The first-order chi connectivity index (χ1) is 10.2. The van der Waals surface area contributed by atoms with E-state index in [-0.39, 0.29) is 5.28 Å². The van der Waals surface area contributed by atoms with E-state index in [1.54, 1.807) is 6.33 Å². The zero-order chi connectivity index (χ0) is 14.8. The Bertz CT molecular complexity index is 623. The van der Waals surface area contributed by atoms with Crippen LogP contribution in [0.4, 0.5) is 11.9 Å². The van der Waals surface area contributed by atoms with Crippen molar-refractivity contribution < 1.29 is 0 Å². The molecule has 0 saturated heterocycles. The third kappa shape index (κ3) is 2.76. The van der Waals surface area contributed by atoms with Crippen LogP contribution in [0.1, 0.15) is 19.7 Å². The van der Waals surface area contributed by atoms with Crippen molar-refractivity contribution in [2.45, 2.75) is 26.9 Å². The molecule has 0 bridgehead atoms. The summed E-state index contributed by atoms with van der Waals surface area (Å²) in [6, 6.07) is 0. The fourth-order valence-corrected chi connectivity index (χ4v) is 2.51. The van der Waals surface area contributed by atoms with Crippen molar-refractivity contribution in [2.24, 2.45) is 0 Å². The van der Waals surface area contributed by atoms with E-state index in [0.29, 0.717) is 18.4 Å². The smallest absolute Gasteiger partial charge is 0.231 e. The van der Waals surface area contributed by atoms with Crippen molar-refractivity contribution >= 4 is 23.5 Å². The van der Waals surface area contributed by atoms with E-state index in [2.05, 4.69) is 39.0 Å². The first-order valence-corrected chi connectivity index (χ1v) is 7.37. The molecule has 3 rings (SSSR count). The molecule has 0 saturated carbocycles. The molecule has 0 fully saturated rings. The summed E-state index contributed by atoms with van der Waals surface area (Å²) in [6.07, 6.45) is 1.74. The number of rotatable bonds is 4. The van der Waals surface area contributed by atoms with Crippen LogP contribution < -0.4 is 9.80 Å². The maximum Gasteiger partial charge on any atom is 0.231 e. The van der Waals surface area contributed by atoms with Gasteiger partial charge in [-0.3, -0.25) is 0 Å². The zero-order valence-electron chi connectivity index (χ0n) is 12.1. The normalized spacial score (nSPS) is 14.1. The summed E-state index contributed by atoms with van der Waals surface area (Å²) >= 11 is 6.06. The van der Waals surface area contributed by atoms with Crippen LogP contribution in [0.15, 0.2) is 6.33 Å². The fraction of sp³-hybridized carbons (Fsp3) is 0.583. The highest BCUT2D eigenvalue weighted by Crippen LogP contribution is 2.20. The van der Waals surface area contributed by atoms with Crippen LogP contribution in [-0.2, 0) is 13.1 Å². The van der Waals surface area contributed by atoms with Crippen molar-refractivity contribution in [3.63, 3.8) is 0 Å². The SMILES string of the molecule is CCN(CC)c1nc(Cl)nc(N2CCn3cnnc3C2)n1. The number of fused-ring (bicyclic) bond motifs is 1. The maximum atomic E-state index is 6.06. The maximum absolute atomic E-state index is 6.06. The molecular weight excluding hydrogens is 292 g/mol. The molecule has 0 radical (unpaired) electrons. The van der Waals surface area contributed by atoms with Crippen LogP contribution >= 0.6 is 11.6 Å². The lowest BCUT2D eigenvalue weighted by Crippen LogP contribution is -2.35. The second kappa shape index (κ2) is 5.80. The minimum atomic E-state index is 0.217. The average Bonchev–Trinajstić information content (AvgIpc) is 2.95. The van der Waals surface area contributed by atoms with Gasteiger partial charge in [-0.1, -0.05) is 0 Å². The lowest BCUT2D eigenvalue weighted by Gasteiger charge is -2.28. The Labute approximate surface area is 127 Å². The molecule has 0 N–H and O–H groups in total. The molecule has 21 heavy (non-hydrogen) atoms. The third-order valence-electron chi connectivity index (χ3n) is 3.55. The summed E-state index contributed by atoms with van der Waals surface area (Å²) in [6.45, 7) is 8.00. The van der Waals surface area contributed by atoms with Crippen molar-refractivity contribution in [1.82, 2.24) is 29.7 Å². The van der Waals surface area contributed by atoms with Crippen LogP contribution in [0, 0.1) is 0 Å². The minimum Gasteiger partial charge on any atom is -0.341 e. The lowest BCUT2D eigenvalue weighted by molar-refractivity contribution is 0.550. The van der Waals surface area contributed by atoms with Crippen molar-refractivity contribution in [3.8, 4) is 0 Å². The number of nitrogens with zero attached hydrogens (tertiary/aromatic N) is 8. The highest BCUT2D eigenvalue weighted by Gasteiger charge is 2.21. The van der Waals surface area contributed by atoms with Crippen LogP contribution in [0.25, 0.3) is 0 Å². The highest BCUT2D eigenvalue weighted by atomic mass is 35.5. The van der Waals surface area contributed by atoms with E-state index in [4.69, 9.17) is 11.6 Å². The van der Waals surface area contributed by atoms with E-state index in [0.717, 1.165) is 32.0 Å². The first-order valence-electron chi connectivity index (χ1n) is 6.99. The van der Waals surface area contributed by atoms with Crippen LogP contribution in [-0.4, -0.2) is 49.4 Å². The summed E-state index contributed by atoms with van der Waals surface area (Å²) < 4.78 is 2.03. The van der Waals surface area contributed by atoms with Crippen LogP contribution in [0.3, 0.4) is 0 Å². The third-order valence-corrected chi connectivity index (χ3v) is 3.72. The van der Waals surface area contributed by atoms with Gasteiger partial charge in [0.05, 0.1) is 6.54 Å². The number of aromatic nitrogens is 6. The summed E-state index contributed by atoms with van der Waals surface area (Å²) in [4.78, 5) is 17.1. The largest absolute Gasteiger partial charge is 0.341 e. The number of halogens is 1. The van der Waals surface area contributed by atoms with E-state index in [9.17, 15) is 0 Å². The van der Waals surface area contributed by atoms with Gasteiger partial charge in [0.1, 0.15) is 6.33 Å². The van der Waals surface area contributed by atoms with Gasteiger partial charge in [0, 0.05) is 26.2 Å². The Hall–Kier alpha value is -1.96. The van der Waals surface area contributed by atoms with E-state index in [1.807, 2.05) is 14.4 Å². The molecule has 0 aromatic carbocycles. The second-order valence-corrected chi connectivity index (χ2v) is 5.08. The molecule has 0 unspecified atom stereocenters. The summed E-state index contributed by atoms with van der Waals surface area (Å²) in [7, 11) is 0. The van der Waals surface area contributed by atoms with Crippen molar-refractivity contribution in [2.75, 3.05) is 29.4 Å². The predicted octanol–water partition coefficient (Wildman–Crippen LogP) is 0.983. The molecule has 8 nitrogen and oxygen atoms in total. The second-order valence-electron chi connectivity index (χ2n) is 4.74. The van der Waals surface area contributed by atoms with Gasteiger partial charge in [-0.25, -0.2) is 0 Å². The minimum absolute atomic E-state index is 0.217. The van der Waals surface area contributed by atoms with Gasteiger partial charge < -0.3 is 14.4 Å². The van der Waals surface area contributed by atoms with E-state index in [1.165, 1.54) is 0 Å². The highest BCUT2D eigenvalue weighted by molar-refractivity contribution is 6.28. The molecular formula is C12H17ClN8. The van der Waals surface area contributed by atoms with Gasteiger partial charge in [0.15, 0.2) is 5.82 Å². The Morgan fingerprint density at radius 3 is 2.76 bits per heavy atom. The zero-order valence-corrected chi connectivity index (χ0v) is 12.8. The molecule has 0 aliphatic carbocycles. The van der Waals surface area contributed by atoms with Crippen LogP contribution in [0.2, 0.25) is 5.28 Å². The summed E-state index contributed by atoms with van der Waals surface area (Å²) in [5.41, 5.74) is 0. The monoisotopic (exact) mass is 308 g/mol.